The molecule has 1 aliphatic rings. The normalized spacial score (nSPS) is 17.0. The lowest BCUT2D eigenvalue weighted by Gasteiger charge is -2.17. The predicted molar refractivity (Wildman–Crippen MR) is 66.9 cm³/mol. The molecule has 2 N–H and O–H groups in total. The Morgan fingerprint density at radius 3 is 2.38 bits per heavy atom. The second-order valence-electron chi connectivity index (χ2n) is 4.09. The van der Waals surface area contributed by atoms with Crippen molar-refractivity contribution >= 4 is 15.9 Å². The lowest BCUT2D eigenvalue weighted by atomic mass is 10.0. The molecule has 0 aromatic heterocycles. The minimum Gasteiger partial charge on any atom is -0.496 e. The summed E-state index contributed by atoms with van der Waals surface area (Å²) in [5.74, 6) is 2.18. The van der Waals surface area contributed by atoms with Crippen molar-refractivity contribution < 1.29 is 9.47 Å². The number of methoxy groups -OCH3 is 2. The molecule has 16 heavy (non-hydrogen) atoms. The van der Waals surface area contributed by atoms with Crippen LogP contribution in [0.5, 0.6) is 11.5 Å². The summed E-state index contributed by atoms with van der Waals surface area (Å²) in [6.45, 7) is 0. The first kappa shape index (κ1) is 11.7. The third-order valence-corrected chi connectivity index (χ3v) is 3.61. The molecule has 1 aromatic carbocycles. The monoisotopic (exact) mass is 285 g/mol. The van der Waals surface area contributed by atoms with Gasteiger partial charge in [-0.25, -0.2) is 0 Å². The van der Waals surface area contributed by atoms with Gasteiger partial charge in [-0.2, -0.15) is 0 Å². The van der Waals surface area contributed by atoms with Crippen LogP contribution in [-0.2, 0) is 0 Å². The van der Waals surface area contributed by atoms with Crippen LogP contribution in [0.2, 0.25) is 0 Å². The second-order valence-corrected chi connectivity index (χ2v) is 4.95. The molecule has 3 nitrogen and oxygen atoms in total. The van der Waals surface area contributed by atoms with Crippen molar-refractivity contribution in [2.24, 2.45) is 11.7 Å². The molecule has 0 radical (unpaired) electrons. The van der Waals surface area contributed by atoms with Gasteiger partial charge in [-0.15, -0.1) is 0 Å². The van der Waals surface area contributed by atoms with Gasteiger partial charge in [0.1, 0.15) is 11.5 Å². The van der Waals surface area contributed by atoms with Gasteiger partial charge in [0.15, 0.2) is 0 Å². The average Bonchev–Trinajstić information content (AvgIpc) is 3.11. The molecule has 0 amide bonds. The van der Waals surface area contributed by atoms with Crippen LogP contribution in [0.25, 0.3) is 0 Å². The molecule has 88 valence electrons. The molecule has 1 saturated carbocycles. The number of benzene rings is 1. The molecule has 0 heterocycles. The molecule has 1 atom stereocenters. The molecule has 0 spiro atoms. The molecule has 1 unspecified atom stereocenters. The van der Waals surface area contributed by atoms with Gasteiger partial charge in [-0.05, 0) is 40.8 Å². The summed E-state index contributed by atoms with van der Waals surface area (Å²) in [4.78, 5) is 0. The van der Waals surface area contributed by atoms with Crippen molar-refractivity contribution in [3.8, 4) is 11.5 Å². The van der Waals surface area contributed by atoms with Gasteiger partial charge < -0.3 is 15.2 Å². The number of rotatable bonds is 4. The van der Waals surface area contributed by atoms with Crippen LogP contribution in [0.3, 0.4) is 0 Å². The molecule has 4 heteroatoms. The van der Waals surface area contributed by atoms with E-state index in [9.17, 15) is 0 Å². The zero-order valence-electron chi connectivity index (χ0n) is 9.50. The van der Waals surface area contributed by atoms with Crippen molar-refractivity contribution in [1.29, 1.82) is 0 Å². The summed E-state index contributed by atoms with van der Waals surface area (Å²) in [5.41, 5.74) is 7.25. The maximum atomic E-state index is 6.20. The molecule has 1 fully saturated rings. The van der Waals surface area contributed by atoms with E-state index in [1.54, 1.807) is 14.2 Å². The van der Waals surface area contributed by atoms with Gasteiger partial charge in [0.25, 0.3) is 0 Å². The Morgan fingerprint density at radius 2 is 1.88 bits per heavy atom. The van der Waals surface area contributed by atoms with Crippen LogP contribution in [0.15, 0.2) is 16.6 Å². The summed E-state index contributed by atoms with van der Waals surface area (Å²) in [6, 6.07) is 3.94. The van der Waals surface area contributed by atoms with E-state index in [1.807, 2.05) is 12.1 Å². The molecule has 2 rings (SSSR count). The van der Waals surface area contributed by atoms with Crippen molar-refractivity contribution in [3.05, 3.63) is 22.2 Å². The number of hydrogen-bond donors (Lipinski definition) is 1. The maximum absolute atomic E-state index is 6.20. The van der Waals surface area contributed by atoms with Gasteiger partial charge in [0, 0.05) is 17.7 Å². The topological polar surface area (TPSA) is 44.5 Å². The van der Waals surface area contributed by atoms with Gasteiger partial charge in [0.2, 0.25) is 0 Å². The predicted octanol–water partition coefficient (Wildman–Crippen LogP) is 2.88. The van der Waals surface area contributed by atoms with E-state index in [4.69, 9.17) is 15.2 Å². The fourth-order valence-corrected chi connectivity index (χ4v) is 2.38. The number of nitrogens with two attached hydrogens (primary N) is 1. The summed E-state index contributed by atoms with van der Waals surface area (Å²) in [7, 11) is 3.30. The number of hydrogen-bond acceptors (Lipinski definition) is 3. The summed E-state index contributed by atoms with van der Waals surface area (Å²) < 4.78 is 11.5. The quantitative estimate of drug-likeness (QED) is 0.925. The lowest BCUT2D eigenvalue weighted by molar-refractivity contribution is 0.385. The maximum Gasteiger partial charge on any atom is 0.136 e. The third-order valence-electron chi connectivity index (χ3n) is 2.99. The van der Waals surface area contributed by atoms with Crippen molar-refractivity contribution in [3.63, 3.8) is 0 Å². The fraction of sp³-hybridized carbons (Fsp3) is 0.500. The van der Waals surface area contributed by atoms with Gasteiger partial charge in [0.05, 0.1) is 18.7 Å². The second kappa shape index (κ2) is 4.63. The zero-order chi connectivity index (χ0) is 11.7. The number of halogens is 1. The van der Waals surface area contributed by atoms with Gasteiger partial charge >= 0.3 is 0 Å². The molecule has 0 bridgehead atoms. The highest BCUT2D eigenvalue weighted by Gasteiger charge is 2.31. The van der Waals surface area contributed by atoms with E-state index >= 15 is 0 Å². The summed E-state index contributed by atoms with van der Waals surface area (Å²) >= 11 is 3.47. The average molecular weight is 286 g/mol. The van der Waals surface area contributed by atoms with Crippen LogP contribution < -0.4 is 15.2 Å². The minimum absolute atomic E-state index is 0.0668. The van der Waals surface area contributed by atoms with Crippen molar-refractivity contribution in [2.45, 2.75) is 18.9 Å². The van der Waals surface area contributed by atoms with Crippen LogP contribution in [-0.4, -0.2) is 14.2 Å². The SMILES string of the molecule is COc1cc(OC)c(C(N)C2CC2)cc1Br. The Morgan fingerprint density at radius 1 is 1.25 bits per heavy atom. The van der Waals surface area contributed by atoms with Crippen molar-refractivity contribution in [1.82, 2.24) is 0 Å². The van der Waals surface area contributed by atoms with Crippen molar-refractivity contribution in [2.75, 3.05) is 14.2 Å². The first-order valence-electron chi connectivity index (χ1n) is 5.34. The molecular formula is C12H16BrNO2. The van der Waals surface area contributed by atoms with Gasteiger partial charge in [-0.3, -0.25) is 0 Å². The zero-order valence-corrected chi connectivity index (χ0v) is 11.1. The Labute approximate surface area is 104 Å². The molecular weight excluding hydrogens is 270 g/mol. The molecule has 1 aromatic rings. The standard InChI is InChI=1S/C12H16BrNO2/c1-15-10-6-11(16-2)9(13)5-8(10)12(14)7-3-4-7/h5-7,12H,3-4,14H2,1-2H3. The Balaban J connectivity index is 2.38. The van der Waals surface area contributed by atoms with E-state index < -0.39 is 0 Å². The third kappa shape index (κ3) is 2.18. The smallest absolute Gasteiger partial charge is 0.136 e. The molecule has 0 saturated heterocycles. The van der Waals surface area contributed by atoms with E-state index in [1.165, 1.54) is 12.8 Å². The highest BCUT2D eigenvalue weighted by Crippen LogP contribution is 2.44. The highest BCUT2D eigenvalue weighted by atomic mass is 79.9. The first-order valence-corrected chi connectivity index (χ1v) is 6.13. The van der Waals surface area contributed by atoms with E-state index in [0.29, 0.717) is 5.92 Å². The lowest BCUT2D eigenvalue weighted by Crippen LogP contribution is -2.13. The largest absolute Gasteiger partial charge is 0.496 e. The van der Waals surface area contributed by atoms with Crippen LogP contribution in [0.4, 0.5) is 0 Å². The van der Waals surface area contributed by atoms with Crippen LogP contribution in [0.1, 0.15) is 24.4 Å². The van der Waals surface area contributed by atoms with E-state index in [2.05, 4.69) is 15.9 Å². The first-order chi connectivity index (χ1) is 7.67. The Bertz CT molecular complexity index is 391. The number of ether oxygens (including phenoxy) is 2. The van der Waals surface area contributed by atoms with E-state index in [0.717, 1.165) is 21.5 Å². The minimum atomic E-state index is 0.0668. The summed E-state index contributed by atoms with van der Waals surface area (Å²) in [5, 5.41) is 0. The fourth-order valence-electron chi connectivity index (χ4n) is 1.85. The van der Waals surface area contributed by atoms with Crippen LogP contribution in [0, 0.1) is 5.92 Å². The molecule has 0 aliphatic heterocycles. The molecule has 1 aliphatic carbocycles. The Kier molecular flexibility index (Phi) is 3.40. The van der Waals surface area contributed by atoms with E-state index in [-0.39, 0.29) is 6.04 Å². The van der Waals surface area contributed by atoms with Crippen LogP contribution >= 0.6 is 15.9 Å². The highest BCUT2D eigenvalue weighted by molar-refractivity contribution is 9.10. The summed E-state index contributed by atoms with van der Waals surface area (Å²) in [6.07, 6.45) is 2.43. The van der Waals surface area contributed by atoms with Gasteiger partial charge in [-0.1, -0.05) is 0 Å². The Hall–Kier alpha value is -0.740.